The molecule has 26 heavy (non-hydrogen) atoms. The minimum atomic E-state index is -0.566. The van der Waals surface area contributed by atoms with Crippen LogP contribution >= 0.6 is 0 Å². The molecule has 0 spiro atoms. The van der Waals surface area contributed by atoms with Gasteiger partial charge in [0.2, 0.25) is 0 Å². The number of carbonyl (C=O) groups excluding carboxylic acids is 2. The molecule has 0 radical (unpaired) electrons. The molecular formula is C19H21NO6. The number of rotatable bonds is 8. The fourth-order valence-electron chi connectivity index (χ4n) is 2.52. The molecule has 0 unspecified atom stereocenters. The van der Waals surface area contributed by atoms with Gasteiger partial charge in [0.05, 0.1) is 24.5 Å². The third-order valence-corrected chi connectivity index (χ3v) is 3.92. The van der Waals surface area contributed by atoms with Crippen molar-refractivity contribution in [3.05, 3.63) is 54.0 Å². The number of benzene rings is 1. The van der Waals surface area contributed by atoms with Crippen LogP contribution in [0.5, 0.6) is 5.75 Å². The van der Waals surface area contributed by atoms with Gasteiger partial charge in [-0.15, -0.1) is 0 Å². The SMILES string of the molecule is O=C(COC(=O)c1ccc(OC[C@H]2CCCO2)cc1)NCc1ccco1. The highest BCUT2D eigenvalue weighted by Crippen LogP contribution is 2.17. The van der Waals surface area contributed by atoms with Crippen molar-refractivity contribution in [1.82, 2.24) is 5.32 Å². The van der Waals surface area contributed by atoms with Crippen molar-refractivity contribution in [2.24, 2.45) is 0 Å². The summed E-state index contributed by atoms with van der Waals surface area (Å²) in [5.74, 6) is 0.326. The zero-order valence-electron chi connectivity index (χ0n) is 14.3. The van der Waals surface area contributed by atoms with E-state index in [-0.39, 0.29) is 19.3 Å². The number of ether oxygens (including phenoxy) is 3. The number of nitrogens with one attached hydrogen (secondary N) is 1. The number of hydrogen-bond acceptors (Lipinski definition) is 6. The molecule has 3 rings (SSSR count). The van der Waals surface area contributed by atoms with E-state index in [0.29, 0.717) is 23.7 Å². The van der Waals surface area contributed by atoms with Crippen LogP contribution in [0.1, 0.15) is 29.0 Å². The molecule has 1 saturated heterocycles. The summed E-state index contributed by atoms with van der Waals surface area (Å²) < 4.78 is 21.2. The van der Waals surface area contributed by atoms with Crippen LogP contribution in [0, 0.1) is 0 Å². The molecule has 7 heteroatoms. The summed E-state index contributed by atoms with van der Waals surface area (Å²) >= 11 is 0. The maximum absolute atomic E-state index is 12.0. The van der Waals surface area contributed by atoms with Gasteiger partial charge < -0.3 is 23.9 Å². The van der Waals surface area contributed by atoms with Crippen molar-refractivity contribution < 1.29 is 28.2 Å². The molecule has 1 amide bonds. The van der Waals surface area contributed by atoms with Gasteiger partial charge >= 0.3 is 5.97 Å². The van der Waals surface area contributed by atoms with Gasteiger partial charge in [-0.2, -0.15) is 0 Å². The second kappa shape index (κ2) is 9.05. The van der Waals surface area contributed by atoms with E-state index in [1.165, 1.54) is 6.26 Å². The zero-order chi connectivity index (χ0) is 18.2. The average molecular weight is 359 g/mol. The Kier molecular flexibility index (Phi) is 6.27. The molecule has 1 aromatic heterocycles. The highest BCUT2D eigenvalue weighted by molar-refractivity contribution is 5.91. The summed E-state index contributed by atoms with van der Waals surface area (Å²) in [6.07, 6.45) is 3.73. The number of esters is 1. The fourth-order valence-corrected chi connectivity index (χ4v) is 2.52. The van der Waals surface area contributed by atoms with Crippen LogP contribution < -0.4 is 10.1 Å². The molecule has 1 aliphatic heterocycles. The van der Waals surface area contributed by atoms with Crippen molar-refractivity contribution >= 4 is 11.9 Å². The quantitative estimate of drug-likeness (QED) is 0.728. The molecule has 2 heterocycles. The van der Waals surface area contributed by atoms with Crippen molar-refractivity contribution in [3.63, 3.8) is 0 Å². The smallest absolute Gasteiger partial charge is 0.338 e. The molecule has 7 nitrogen and oxygen atoms in total. The molecule has 2 aromatic rings. The van der Waals surface area contributed by atoms with Crippen molar-refractivity contribution in [2.45, 2.75) is 25.5 Å². The Balaban J connectivity index is 1.38. The first-order valence-electron chi connectivity index (χ1n) is 8.51. The van der Waals surface area contributed by atoms with E-state index in [2.05, 4.69) is 5.32 Å². The van der Waals surface area contributed by atoms with E-state index < -0.39 is 11.9 Å². The minimum absolute atomic E-state index is 0.138. The standard InChI is InChI=1S/C19H21NO6/c21-18(20-11-16-3-1-9-23-16)13-26-19(22)14-5-7-15(8-6-14)25-12-17-4-2-10-24-17/h1,3,5-9,17H,2,4,10-13H2,(H,20,21)/t17-/m1/s1. The van der Waals surface area contributed by atoms with E-state index in [0.717, 1.165) is 19.4 Å². The van der Waals surface area contributed by atoms with Crippen LogP contribution in [0.25, 0.3) is 0 Å². The fraction of sp³-hybridized carbons (Fsp3) is 0.368. The van der Waals surface area contributed by atoms with Crippen molar-refractivity contribution in [2.75, 3.05) is 19.8 Å². The Morgan fingerprint density at radius 3 is 2.73 bits per heavy atom. The molecule has 1 atom stereocenters. The molecule has 0 aliphatic carbocycles. The topological polar surface area (TPSA) is 87.0 Å². The lowest BCUT2D eigenvalue weighted by molar-refractivity contribution is -0.124. The number of carbonyl (C=O) groups is 2. The lowest BCUT2D eigenvalue weighted by atomic mass is 10.2. The highest BCUT2D eigenvalue weighted by Gasteiger charge is 2.16. The zero-order valence-corrected chi connectivity index (χ0v) is 14.3. The van der Waals surface area contributed by atoms with Crippen LogP contribution in [0.2, 0.25) is 0 Å². The van der Waals surface area contributed by atoms with Crippen LogP contribution in [0.15, 0.2) is 47.1 Å². The molecule has 0 saturated carbocycles. The van der Waals surface area contributed by atoms with Crippen LogP contribution in [0.4, 0.5) is 0 Å². The number of hydrogen-bond donors (Lipinski definition) is 1. The Bertz CT molecular complexity index is 704. The lowest BCUT2D eigenvalue weighted by Crippen LogP contribution is -2.28. The van der Waals surface area contributed by atoms with Crippen molar-refractivity contribution in [1.29, 1.82) is 0 Å². The lowest BCUT2D eigenvalue weighted by Gasteiger charge is -2.11. The molecular weight excluding hydrogens is 338 g/mol. The largest absolute Gasteiger partial charge is 0.491 e. The van der Waals surface area contributed by atoms with E-state index in [9.17, 15) is 9.59 Å². The van der Waals surface area contributed by atoms with Gasteiger partial charge in [-0.3, -0.25) is 4.79 Å². The van der Waals surface area contributed by atoms with E-state index >= 15 is 0 Å². The third-order valence-electron chi connectivity index (χ3n) is 3.92. The van der Waals surface area contributed by atoms with E-state index in [1.54, 1.807) is 36.4 Å². The normalized spacial score (nSPS) is 16.2. The van der Waals surface area contributed by atoms with Gasteiger partial charge in [-0.1, -0.05) is 0 Å². The van der Waals surface area contributed by atoms with Crippen LogP contribution in [-0.4, -0.2) is 37.8 Å². The maximum Gasteiger partial charge on any atom is 0.338 e. The molecule has 1 fully saturated rings. The highest BCUT2D eigenvalue weighted by atomic mass is 16.5. The Labute approximate surface area is 151 Å². The molecule has 0 bridgehead atoms. The Hall–Kier alpha value is -2.80. The predicted octanol–water partition coefficient (Wildman–Crippen LogP) is 2.31. The minimum Gasteiger partial charge on any atom is -0.491 e. The molecule has 1 N–H and O–H groups in total. The van der Waals surface area contributed by atoms with Gasteiger partial charge in [0.15, 0.2) is 6.61 Å². The third kappa shape index (κ3) is 5.35. The van der Waals surface area contributed by atoms with Gasteiger partial charge in [0.1, 0.15) is 18.1 Å². The maximum atomic E-state index is 12.0. The summed E-state index contributed by atoms with van der Waals surface area (Å²) in [4.78, 5) is 23.7. The monoisotopic (exact) mass is 359 g/mol. The van der Waals surface area contributed by atoms with Gasteiger partial charge in [-0.05, 0) is 49.2 Å². The molecule has 138 valence electrons. The molecule has 1 aliphatic rings. The number of amides is 1. The Morgan fingerprint density at radius 2 is 2.04 bits per heavy atom. The first-order valence-corrected chi connectivity index (χ1v) is 8.51. The average Bonchev–Trinajstić information content (AvgIpc) is 3.37. The molecule has 1 aromatic carbocycles. The summed E-state index contributed by atoms with van der Waals surface area (Å²) in [6.45, 7) is 1.18. The van der Waals surface area contributed by atoms with Gasteiger partial charge in [0, 0.05) is 6.61 Å². The summed E-state index contributed by atoms with van der Waals surface area (Å²) in [7, 11) is 0. The second-order valence-corrected chi connectivity index (χ2v) is 5.90. The first kappa shape index (κ1) is 18.0. The number of furan rings is 1. The van der Waals surface area contributed by atoms with Crippen molar-refractivity contribution in [3.8, 4) is 5.75 Å². The van der Waals surface area contributed by atoms with Gasteiger partial charge in [0.25, 0.3) is 5.91 Å². The van der Waals surface area contributed by atoms with E-state index in [1.807, 2.05) is 0 Å². The summed E-state index contributed by atoms with van der Waals surface area (Å²) in [6, 6.07) is 10.1. The van der Waals surface area contributed by atoms with Crippen LogP contribution in [0.3, 0.4) is 0 Å². The first-order chi connectivity index (χ1) is 12.7. The predicted molar refractivity (Wildman–Crippen MR) is 91.7 cm³/mol. The summed E-state index contributed by atoms with van der Waals surface area (Å²) in [5.41, 5.74) is 0.355. The second-order valence-electron chi connectivity index (χ2n) is 5.90. The van der Waals surface area contributed by atoms with E-state index in [4.69, 9.17) is 18.6 Å². The Morgan fingerprint density at radius 1 is 1.19 bits per heavy atom. The van der Waals surface area contributed by atoms with Gasteiger partial charge in [-0.25, -0.2) is 4.79 Å². The van der Waals surface area contributed by atoms with Crippen LogP contribution in [-0.2, 0) is 20.8 Å². The summed E-state index contributed by atoms with van der Waals surface area (Å²) in [5, 5.41) is 2.60.